The number of alkyl halides is 6. The molecule has 0 radical (unpaired) electrons. The number of carbonyl (C=O) groups is 1. The first-order valence-corrected chi connectivity index (χ1v) is 18.4. The van der Waals surface area contributed by atoms with Crippen molar-refractivity contribution in [1.29, 1.82) is 0 Å². The van der Waals surface area contributed by atoms with E-state index >= 15 is 0 Å². The van der Waals surface area contributed by atoms with Gasteiger partial charge >= 0.3 is 12.4 Å². The molecule has 0 aliphatic carbocycles. The van der Waals surface area contributed by atoms with E-state index in [9.17, 15) is 39.6 Å². The van der Waals surface area contributed by atoms with Gasteiger partial charge in [-0.2, -0.15) is 26.3 Å². The van der Waals surface area contributed by atoms with Gasteiger partial charge in [-0.15, -0.1) is 0 Å². The zero-order chi connectivity index (χ0) is 36.8. The highest BCUT2D eigenvalue weighted by Crippen LogP contribution is 2.33. The molecule has 3 aliphatic rings. The Hall–Kier alpha value is -4.02. The van der Waals surface area contributed by atoms with Crippen LogP contribution in [0.1, 0.15) is 41.3 Å². The number of rotatable bonds is 7. The number of nitrogens with zero attached hydrogens (tertiary/aromatic N) is 4. The van der Waals surface area contributed by atoms with E-state index in [-0.39, 0.29) is 17.3 Å². The van der Waals surface area contributed by atoms with Crippen LogP contribution in [-0.4, -0.2) is 91.2 Å². The Morgan fingerprint density at radius 2 is 1.18 bits per heavy atom. The van der Waals surface area contributed by atoms with Crippen molar-refractivity contribution < 1.29 is 39.6 Å². The summed E-state index contributed by atoms with van der Waals surface area (Å²) in [5.41, 5.74) is 1.32. The summed E-state index contributed by atoms with van der Waals surface area (Å²) >= 11 is 0. The molecule has 0 aromatic heterocycles. The molecule has 3 aliphatic heterocycles. The number of amides is 1. The maximum Gasteiger partial charge on any atom is 0.416 e. The van der Waals surface area contributed by atoms with Gasteiger partial charge in [0.2, 0.25) is 10.0 Å². The minimum absolute atomic E-state index is 0.0500. The lowest BCUT2D eigenvalue weighted by Crippen LogP contribution is -2.49. The fourth-order valence-electron chi connectivity index (χ4n) is 6.34. The number of halogens is 6. The average Bonchev–Trinajstić information content (AvgIpc) is 3.66. The van der Waals surface area contributed by atoms with Crippen molar-refractivity contribution >= 4 is 33.0 Å². The molecule has 0 spiro atoms. The minimum atomic E-state index is -4.38. The number of benzene rings is 3. The van der Waals surface area contributed by atoms with Gasteiger partial charge in [-0.1, -0.05) is 6.92 Å². The quantitative estimate of drug-likeness (QED) is 0.302. The van der Waals surface area contributed by atoms with Crippen molar-refractivity contribution in [3.63, 3.8) is 0 Å². The summed E-state index contributed by atoms with van der Waals surface area (Å²) in [6.07, 6.45) is -6.61. The molecule has 9 nitrogen and oxygen atoms in total. The van der Waals surface area contributed by atoms with E-state index in [2.05, 4.69) is 19.8 Å². The molecule has 278 valence electrons. The lowest BCUT2D eigenvalue weighted by Gasteiger charge is -2.37. The van der Waals surface area contributed by atoms with Crippen LogP contribution in [-0.2, 0) is 22.4 Å². The van der Waals surface area contributed by atoms with Crippen molar-refractivity contribution in [1.82, 2.24) is 14.9 Å². The molecule has 0 atom stereocenters. The zero-order valence-corrected chi connectivity index (χ0v) is 29.0. The van der Waals surface area contributed by atoms with E-state index in [1.807, 2.05) is 4.90 Å². The Bertz CT molecular complexity index is 1720. The van der Waals surface area contributed by atoms with Gasteiger partial charge < -0.3 is 24.9 Å². The van der Waals surface area contributed by atoms with Crippen molar-refractivity contribution in [2.75, 3.05) is 86.7 Å². The minimum Gasteiger partial charge on any atom is -0.371 e. The fourth-order valence-corrected chi connectivity index (χ4v) is 7.41. The predicted octanol–water partition coefficient (Wildman–Crippen LogP) is 5.68. The molecule has 3 heterocycles. The number of nitrogens with one attached hydrogen (secondary N) is 2. The predicted molar refractivity (Wildman–Crippen MR) is 185 cm³/mol. The van der Waals surface area contributed by atoms with E-state index in [1.54, 1.807) is 17.9 Å². The van der Waals surface area contributed by atoms with E-state index in [1.165, 1.54) is 36.4 Å². The third kappa shape index (κ3) is 9.65. The maximum atomic E-state index is 13.6. The third-order valence-electron chi connectivity index (χ3n) is 9.09. The number of piperazine rings is 2. The van der Waals surface area contributed by atoms with E-state index in [0.717, 1.165) is 87.8 Å². The molecular weight excluding hydrogens is 698 g/mol. The van der Waals surface area contributed by atoms with Crippen LogP contribution in [0.15, 0.2) is 71.6 Å². The summed E-state index contributed by atoms with van der Waals surface area (Å²) in [6.45, 7) is 8.66. The Morgan fingerprint density at radius 3 is 1.65 bits per heavy atom. The Labute approximate surface area is 294 Å². The lowest BCUT2D eigenvalue weighted by molar-refractivity contribution is -0.138. The molecule has 16 heteroatoms. The molecule has 3 aromatic carbocycles. The topological polar surface area (TPSA) is 88.2 Å². The van der Waals surface area contributed by atoms with Crippen LogP contribution in [0, 0.1) is 0 Å². The molecule has 3 aromatic rings. The van der Waals surface area contributed by atoms with Crippen molar-refractivity contribution in [2.45, 2.75) is 37.0 Å². The summed E-state index contributed by atoms with van der Waals surface area (Å²) in [7, 11) is -3.72. The number of hydrogen-bond acceptors (Lipinski definition) is 7. The summed E-state index contributed by atoms with van der Waals surface area (Å²) in [5, 5.41) is 3.20. The number of carbonyl (C=O) groups excluding carboxylic acids is 1. The molecule has 3 fully saturated rings. The van der Waals surface area contributed by atoms with Crippen LogP contribution in [0.3, 0.4) is 0 Å². The van der Waals surface area contributed by atoms with E-state index < -0.39 is 33.5 Å². The molecule has 51 heavy (non-hydrogen) atoms. The first kappa shape index (κ1) is 38.2. The third-order valence-corrected chi connectivity index (χ3v) is 10.6. The van der Waals surface area contributed by atoms with E-state index in [4.69, 9.17) is 0 Å². The fraction of sp³-hybridized carbons (Fsp3) is 0.457. The van der Waals surface area contributed by atoms with Gasteiger partial charge in [0.15, 0.2) is 0 Å². The smallest absolute Gasteiger partial charge is 0.371 e. The SMILES string of the molecule is CCNS(=O)(=O)c1ccc(N2CCCC2)c(C(=O)N2CCN(c3ccc(C(F)(F)F)cc3)CC2)c1.FC(F)(F)c1ccc(N2CCNCC2)cc1. The van der Waals surface area contributed by atoms with Crippen molar-refractivity contribution in [2.24, 2.45) is 0 Å². The second-order valence-corrected chi connectivity index (χ2v) is 14.2. The second-order valence-electron chi connectivity index (χ2n) is 12.5. The Balaban J connectivity index is 0.000000262. The summed E-state index contributed by atoms with van der Waals surface area (Å²) < 4.78 is 103. The molecule has 0 saturated carbocycles. The second kappa shape index (κ2) is 16.1. The normalized spacial score (nSPS) is 17.3. The van der Waals surface area contributed by atoms with Gasteiger partial charge in [0, 0.05) is 89.1 Å². The molecule has 6 rings (SSSR count). The van der Waals surface area contributed by atoms with Gasteiger partial charge in [0.05, 0.1) is 21.6 Å². The Kier molecular flexibility index (Phi) is 12.1. The number of anilines is 3. The Morgan fingerprint density at radius 1 is 0.686 bits per heavy atom. The molecular formula is C35H42F6N6O3S. The molecule has 0 unspecified atom stereocenters. The first-order valence-electron chi connectivity index (χ1n) is 16.9. The average molecular weight is 741 g/mol. The van der Waals surface area contributed by atoms with Crippen LogP contribution in [0.4, 0.5) is 43.4 Å². The van der Waals surface area contributed by atoms with Crippen LogP contribution in [0.2, 0.25) is 0 Å². The molecule has 1 amide bonds. The maximum absolute atomic E-state index is 13.6. The first-order chi connectivity index (χ1) is 24.2. The monoisotopic (exact) mass is 740 g/mol. The highest BCUT2D eigenvalue weighted by atomic mass is 32.2. The van der Waals surface area contributed by atoms with Crippen LogP contribution in [0.5, 0.6) is 0 Å². The van der Waals surface area contributed by atoms with Crippen LogP contribution < -0.4 is 24.7 Å². The van der Waals surface area contributed by atoms with Crippen molar-refractivity contribution in [3.8, 4) is 0 Å². The number of hydrogen-bond donors (Lipinski definition) is 2. The van der Waals surface area contributed by atoms with Crippen LogP contribution in [0.25, 0.3) is 0 Å². The highest BCUT2D eigenvalue weighted by molar-refractivity contribution is 7.89. The van der Waals surface area contributed by atoms with Gasteiger partial charge in [-0.25, -0.2) is 13.1 Å². The molecule has 0 bridgehead atoms. The number of sulfonamides is 1. The summed E-state index contributed by atoms with van der Waals surface area (Å²) in [5.74, 6) is -0.243. The summed E-state index contributed by atoms with van der Waals surface area (Å²) in [6, 6.07) is 15.1. The standard InChI is InChI=1S/C24H29F3N4O3S.C11H13F3N2/c1-2-28-35(33,34)20-9-10-22(30-11-3-4-12-30)21(17-20)23(32)31-15-13-29(14-16-31)19-7-5-18(6-8-19)24(25,26)27;12-11(13,14)9-1-3-10(4-2-9)16-7-5-15-6-8-16/h5-10,17,28H,2-4,11-16H2,1H3;1-4,15H,5-8H2. The van der Waals surface area contributed by atoms with Gasteiger partial charge in [-0.3, -0.25) is 4.79 Å². The summed E-state index contributed by atoms with van der Waals surface area (Å²) in [4.78, 5) is 21.4. The van der Waals surface area contributed by atoms with E-state index in [0.29, 0.717) is 37.4 Å². The molecule has 3 saturated heterocycles. The van der Waals surface area contributed by atoms with Gasteiger partial charge in [0.1, 0.15) is 0 Å². The largest absolute Gasteiger partial charge is 0.416 e. The lowest BCUT2D eigenvalue weighted by atomic mass is 10.1. The van der Waals surface area contributed by atoms with Crippen LogP contribution >= 0.6 is 0 Å². The van der Waals surface area contributed by atoms with Crippen molar-refractivity contribution in [3.05, 3.63) is 83.4 Å². The van der Waals surface area contributed by atoms with Gasteiger partial charge in [-0.05, 0) is 79.6 Å². The zero-order valence-electron chi connectivity index (χ0n) is 28.2. The highest BCUT2D eigenvalue weighted by Gasteiger charge is 2.32. The molecule has 2 N–H and O–H groups in total. The van der Waals surface area contributed by atoms with Gasteiger partial charge in [0.25, 0.3) is 5.91 Å².